The van der Waals surface area contributed by atoms with Crippen molar-refractivity contribution in [1.82, 2.24) is 9.21 Å². The predicted octanol–water partition coefficient (Wildman–Crippen LogP) is 1.82. The summed E-state index contributed by atoms with van der Waals surface area (Å²) < 4.78 is 27.6. The number of amides is 1. The summed E-state index contributed by atoms with van der Waals surface area (Å²) in [5.74, 6) is 0.865. The molecule has 162 valence electrons. The number of carbonyl (C=O) groups is 1. The molecule has 1 aliphatic carbocycles. The van der Waals surface area contributed by atoms with Crippen LogP contribution in [-0.2, 0) is 14.8 Å². The Morgan fingerprint density at radius 3 is 2.37 bits per heavy atom. The Morgan fingerprint density at radius 2 is 1.63 bits per heavy atom. The lowest BCUT2D eigenvalue weighted by Crippen LogP contribution is -2.88. The van der Waals surface area contributed by atoms with Gasteiger partial charge in [0.2, 0.25) is 10.0 Å². The van der Waals surface area contributed by atoms with Gasteiger partial charge < -0.3 is 10.2 Å². The monoisotopic (exact) mass is 430 g/mol. The van der Waals surface area contributed by atoms with E-state index in [9.17, 15) is 13.2 Å². The van der Waals surface area contributed by atoms with Crippen LogP contribution in [0.4, 0.5) is 0 Å². The second-order valence-electron chi connectivity index (χ2n) is 8.53. The average molecular weight is 431 g/mol. The van der Waals surface area contributed by atoms with E-state index < -0.39 is 10.0 Å². The van der Waals surface area contributed by atoms with E-state index in [0.717, 1.165) is 23.2 Å². The van der Waals surface area contributed by atoms with Gasteiger partial charge in [-0.05, 0) is 35.7 Å². The number of sulfonamides is 1. The fraction of sp³-hybridized carbons (Fsp3) is 0.522. The zero-order chi connectivity index (χ0) is 21.0. The Labute approximate surface area is 179 Å². The fourth-order valence-corrected chi connectivity index (χ4v) is 6.11. The highest BCUT2D eigenvalue weighted by atomic mass is 32.2. The minimum absolute atomic E-state index is 0.119. The van der Waals surface area contributed by atoms with E-state index >= 15 is 0 Å². The number of hydrogen-bond donors (Lipinski definition) is 1. The van der Waals surface area contributed by atoms with E-state index in [2.05, 4.69) is 5.32 Å². The standard InChI is InChI=1S/C23H31N3O3S/c27-23(18-24-17-19-6-2-1-3-7-19)25-12-14-26(15-13-25)30(28,29)22-11-10-20-8-4-5-9-21(20)16-22/h4-5,8-11,16,19,24H,1-3,6-7,12-15,17-18H2/p+1. The van der Waals surface area contributed by atoms with Gasteiger partial charge in [-0.2, -0.15) is 4.31 Å². The van der Waals surface area contributed by atoms with Crippen LogP contribution in [0.1, 0.15) is 32.1 Å². The summed E-state index contributed by atoms with van der Waals surface area (Å²) in [6.07, 6.45) is 6.56. The molecule has 2 aromatic rings. The van der Waals surface area contributed by atoms with Crippen LogP contribution in [-0.4, -0.2) is 62.8 Å². The highest BCUT2D eigenvalue weighted by Gasteiger charge is 2.30. The molecule has 0 radical (unpaired) electrons. The van der Waals surface area contributed by atoms with E-state index in [4.69, 9.17) is 0 Å². The van der Waals surface area contributed by atoms with Gasteiger partial charge in [0, 0.05) is 32.1 Å². The van der Waals surface area contributed by atoms with Gasteiger partial charge in [0.1, 0.15) is 0 Å². The highest BCUT2D eigenvalue weighted by Crippen LogP contribution is 2.23. The molecule has 2 aliphatic rings. The molecule has 30 heavy (non-hydrogen) atoms. The molecule has 0 spiro atoms. The third-order valence-corrected chi connectivity index (χ3v) is 8.39. The molecule has 4 rings (SSSR count). The molecule has 2 N–H and O–H groups in total. The van der Waals surface area contributed by atoms with Gasteiger partial charge in [-0.25, -0.2) is 8.42 Å². The number of hydrogen-bond acceptors (Lipinski definition) is 3. The quantitative estimate of drug-likeness (QED) is 0.760. The fourth-order valence-electron chi connectivity index (χ4n) is 4.65. The summed E-state index contributed by atoms with van der Waals surface area (Å²) in [6, 6.07) is 13.0. The van der Waals surface area contributed by atoms with Gasteiger partial charge in [0.25, 0.3) is 5.91 Å². The highest BCUT2D eigenvalue weighted by molar-refractivity contribution is 7.89. The van der Waals surface area contributed by atoms with Gasteiger partial charge in [0.05, 0.1) is 11.4 Å². The van der Waals surface area contributed by atoms with Crippen LogP contribution >= 0.6 is 0 Å². The lowest BCUT2D eigenvalue weighted by molar-refractivity contribution is -0.650. The van der Waals surface area contributed by atoms with Gasteiger partial charge in [-0.15, -0.1) is 0 Å². The number of nitrogens with zero attached hydrogens (tertiary/aromatic N) is 2. The molecule has 0 aromatic heterocycles. The zero-order valence-corrected chi connectivity index (χ0v) is 18.3. The van der Waals surface area contributed by atoms with E-state index in [0.29, 0.717) is 37.6 Å². The molecule has 1 heterocycles. The first-order chi connectivity index (χ1) is 14.5. The van der Waals surface area contributed by atoms with E-state index in [1.165, 1.54) is 36.4 Å². The van der Waals surface area contributed by atoms with Crippen molar-refractivity contribution in [3.63, 3.8) is 0 Å². The molecule has 0 bridgehead atoms. The van der Waals surface area contributed by atoms with Crippen LogP contribution in [0.5, 0.6) is 0 Å². The molecular weight excluding hydrogens is 398 g/mol. The number of carbonyl (C=O) groups excluding carboxylic acids is 1. The van der Waals surface area contributed by atoms with Gasteiger partial charge in [-0.3, -0.25) is 4.79 Å². The smallest absolute Gasteiger partial charge is 0.277 e. The van der Waals surface area contributed by atoms with Crippen LogP contribution in [0.2, 0.25) is 0 Å². The molecular formula is C23H32N3O3S+. The van der Waals surface area contributed by atoms with Crippen molar-refractivity contribution in [2.24, 2.45) is 5.92 Å². The first kappa shape index (κ1) is 21.3. The molecule has 2 aromatic carbocycles. The van der Waals surface area contributed by atoms with Crippen molar-refractivity contribution >= 4 is 26.7 Å². The molecule has 7 heteroatoms. The number of piperazine rings is 1. The maximum atomic E-state index is 13.1. The summed E-state index contributed by atoms with van der Waals surface area (Å²) in [5, 5.41) is 4.08. The minimum Gasteiger partial charge on any atom is -0.338 e. The summed E-state index contributed by atoms with van der Waals surface area (Å²) >= 11 is 0. The van der Waals surface area contributed by atoms with E-state index in [1.807, 2.05) is 35.2 Å². The third kappa shape index (κ3) is 4.85. The molecule has 0 unspecified atom stereocenters. The summed E-state index contributed by atoms with van der Waals surface area (Å²) in [5.41, 5.74) is 0. The van der Waals surface area contributed by atoms with Crippen molar-refractivity contribution in [2.75, 3.05) is 39.3 Å². The summed E-state index contributed by atoms with van der Waals surface area (Å²) in [7, 11) is -3.55. The van der Waals surface area contributed by atoms with Crippen LogP contribution < -0.4 is 5.32 Å². The van der Waals surface area contributed by atoms with Crippen molar-refractivity contribution in [3.05, 3.63) is 42.5 Å². The van der Waals surface area contributed by atoms with Crippen LogP contribution in [0.3, 0.4) is 0 Å². The number of rotatable bonds is 6. The Morgan fingerprint density at radius 1 is 0.933 bits per heavy atom. The minimum atomic E-state index is -3.55. The third-order valence-electron chi connectivity index (χ3n) is 6.49. The number of nitrogens with two attached hydrogens (primary N) is 1. The summed E-state index contributed by atoms with van der Waals surface area (Å²) in [4.78, 5) is 14.7. The largest absolute Gasteiger partial charge is 0.338 e. The lowest BCUT2D eigenvalue weighted by atomic mass is 9.89. The molecule has 1 amide bonds. The molecule has 2 fully saturated rings. The topological polar surface area (TPSA) is 74.3 Å². The predicted molar refractivity (Wildman–Crippen MR) is 118 cm³/mol. The van der Waals surface area contributed by atoms with Crippen molar-refractivity contribution in [3.8, 4) is 0 Å². The van der Waals surface area contributed by atoms with E-state index in [-0.39, 0.29) is 5.91 Å². The van der Waals surface area contributed by atoms with Crippen LogP contribution in [0.25, 0.3) is 10.8 Å². The van der Waals surface area contributed by atoms with Gasteiger partial charge in [-0.1, -0.05) is 49.6 Å². The number of quaternary nitrogens is 1. The van der Waals surface area contributed by atoms with Gasteiger partial charge >= 0.3 is 0 Å². The Kier molecular flexibility index (Phi) is 6.71. The zero-order valence-electron chi connectivity index (χ0n) is 17.5. The lowest BCUT2D eigenvalue weighted by Gasteiger charge is -2.33. The molecule has 6 nitrogen and oxygen atoms in total. The Balaban J connectivity index is 1.30. The average Bonchev–Trinajstić information content (AvgIpc) is 2.79. The molecule has 1 saturated heterocycles. The number of benzene rings is 2. The second kappa shape index (κ2) is 9.45. The normalized spacial score (nSPS) is 19.3. The SMILES string of the molecule is O=C(C[NH2+]CC1CCCCC1)N1CCN(S(=O)(=O)c2ccc3ccccc3c2)CC1. The molecule has 1 aliphatic heterocycles. The van der Waals surface area contributed by atoms with Crippen molar-refractivity contribution < 1.29 is 18.5 Å². The maximum Gasteiger partial charge on any atom is 0.277 e. The first-order valence-electron chi connectivity index (χ1n) is 11.1. The van der Waals surface area contributed by atoms with Crippen LogP contribution in [0, 0.1) is 5.92 Å². The van der Waals surface area contributed by atoms with Crippen molar-refractivity contribution in [2.45, 2.75) is 37.0 Å². The second-order valence-corrected chi connectivity index (χ2v) is 10.5. The molecule has 1 saturated carbocycles. The first-order valence-corrected chi connectivity index (χ1v) is 12.6. The molecule has 0 atom stereocenters. The Hall–Kier alpha value is -1.96. The maximum absolute atomic E-state index is 13.1. The van der Waals surface area contributed by atoms with E-state index in [1.54, 1.807) is 12.1 Å². The number of fused-ring (bicyclic) bond motifs is 1. The Bertz CT molecular complexity index is 978. The van der Waals surface area contributed by atoms with Crippen molar-refractivity contribution in [1.29, 1.82) is 0 Å². The van der Waals surface area contributed by atoms with Crippen LogP contribution in [0.15, 0.2) is 47.4 Å². The summed E-state index contributed by atoms with van der Waals surface area (Å²) in [6.45, 7) is 3.12. The van der Waals surface area contributed by atoms with Gasteiger partial charge in [0.15, 0.2) is 6.54 Å².